The van der Waals surface area contributed by atoms with Crippen LogP contribution in [0.5, 0.6) is 5.75 Å². The van der Waals surface area contributed by atoms with Crippen LogP contribution < -0.4 is 10.1 Å². The molecule has 0 fully saturated rings. The zero-order valence-corrected chi connectivity index (χ0v) is 12.2. The second-order valence-corrected chi connectivity index (χ2v) is 5.36. The molecule has 1 aromatic carbocycles. The summed E-state index contributed by atoms with van der Waals surface area (Å²) < 4.78 is 6.28. The average Bonchev–Trinajstić information content (AvgIpc) is 2.82. The number of hydrogen-bond acceptors (Lipinski definition) is 4. The molecule has 0 bridgehead atoms. The van der Waals surface area contributed by atoms with Gasteiger partial charge in [-0.05, 0) is 25.0 Å². The molecule has 0 aliphatic rings. The zero-order chi connectivity index (χ0) is 13.8. The van der Waals surface area contributed by atoms with Crippen LogP contribution in [0.25, 0.3) is 10.2 Å². The molecule has 0 aliphatic carbocycles. The van der Waals surface area contributed by atoms with E-state index in [1.165, 1.54) is 11.3 Å². The van der Waals surface area contributed by atoms with E-state index in [0.717, 1.165) is 28.8 Å². The quantitative estimate of drug-likeness (QED) is 0.907. The van der Waals surface area contributed by atoms with Gasteiger partial charge < -0.3 is 10.1 Å². The van der Waals surface area contributed by atoms with Gasteiger partial charge in [0.15, 0.2) is 5.13 Å². The molecule has 0 atom stereocenters. The molecule has 0 saturated carbocycles. The number of thiazole rings is 1. The van der Waals surface area contributed by atoms with Crippen molar-refractivity contribution < 1.29 is 9.53 Å². The second kappa shape index (κ2) is 6.02. The Morgan fingerprint density at radius 3 is 2.79 bits per heavy atom. The predicted octanol–water partition coefficient (Wildman–Crippen LogP) is 3.68. The summed E-state index contributed by atoms with van der Waals surface area (Å²) in [4.78, 5) is 16.5. The summed E-state index contributed by atoms with van der Waals surface area (Å²) in [6.45, 7) is 4.05. The third-order valence-electron chi connectivity index (χ3n) is 3.19. The van der Waals surface area contributed by atoms with Crippen molar-refractivity contribution >= 4 is 32.6 Å². The highest BCUT2D eigenvalue weighted by molar-refractivity contribution is 7.22. The maximum absolute atomic E-state index is 12.0. The van der Waals surface area contributed by atoms with Gasteiger partial charge >= 0.3 is 0 Å². The van der Waals surface area contributed by atoms with Crippen molar-refractivity contribution in [2.24, 2.45) is 5.92 Å². The lowest BCUT2D eigenvalue weighted by Gasteiger charge is -2.10. The first-order valence-electron chi connectivity index (χ1n) is 6.44. The first-order chi connectivity index (χ1) is 9.19. The minimum Gasteiger partial charge on any atom is -0.494 e. The third kappa shape index (κ3) is 2.87. The summed E-state index contributed by atoms with van der Waals surface area (Å²) >= 11 is 1.47. The molecule has 1 aromatic heterocycles. The molecule has 19 heavy (non-hydrogen) atoms. The Kier molecular flexibility index (Phi) is 4.37. The number of nitrogens with one attached hydrogen (secondary N) is 1. The van der Waals surface area contributed by atoms with Crippen LogP contribution in [-0.2, 0) is 4.79 Å². The second-order valence-electron chi connectivity index (χ2n) is 4.33. The summed E-state index contributed by atoms with van der Waals surface area (Å²) in [5.74, 6) is 0.828. The fourth-order valence-electron chi connectivity index (χ4n) is 2.01. The highest BCUT2D eigenvalue weighted by Gasteiger charge is 2.16. The standard InChI is InChI=1S/C14H18N2O2S/c1-4-9(5-2)13(17)16-14-15-12-10(18-3)7-6-8-11(12)19-14/h6-9H,4-5H2,1-3H3,(H,15,16,17). The van der Waals surface area contributed by atoms with Gasteiger partial charge in [0.1, 0.15) is 11.3 Å². The Labute approximate surface area is 116 Å². The lowest BCUT2D eigenvalue weighted by atomic mass is 10.0. The molecular formula is C14H18N2O2S. The summed E-state index contributed by atoms with van der Waals surface area (Å²) in [7, 11) is 1.62. The third-order valence-corrected chi connectivity index (χ3v) is 4.12. The SMILES string of the molecule is CCC(CC)C(=O)Nc1nc2c(OC)cccc2s1. The zero-order valence-electron chi connectivity index (χ0n) is 11.4. The largest absolute Gasteiger partial charge is 0.494 e. The summed E-state index contributed by atoms with van der Waals surface area (Å²) in [5.41, 5.74) is 0.801. The Morgan fingerprint density at radius 1 is 1.42 bits per heavy atom. The fraction of sp³-hybridized carbons (Fsp3) is 0.429. The van der Waals surface area contributed by atoms with Gasteiger partial charge in [-0.2, -0.15) is 0 Å². The number of hydrogen-bond donors (Lipinski definition) is 1. The maximum atomic E-state index is 12.0. The predicted molar refractivity (Wildman–Crippen MR) is 78.9 cm³/mol. The van der Waals surface area contributed by atoms with Crippen molar-refractivity contribution in [1.82, 2.24) is 4.98 Å². The van der Waals surface area contributed by atoms with Crippen molar-refractivity contribution in [3.8, 4) is 5.75 Å². The van der Waals surface area contributed by atoms with Crippen LogP contribution in [-0.4, -0.2) is 18.0 Å². The summed E-state index contributed by atoms with van der Waals surface area (Å²) in [5, 5.41) is 3.53. The first-order valence-corrected chi connectivity index (χ1v) is 7.25. The number of anilines is 1. The minimum absolute atomic E-state index is 0.0445. The van der Waals surface area contributed by atoms with E-state index in [0.29, 0.717) is 5.13 Å². The molecule has 1 heterocycles. The van der Waals surface area contributed by atoms with Gasteiger partial charge in [0.05, 0.1) is 11.8 Å². The van der Waals surface area contributed by atoms with E-state index < -0.39 is 0 Å². The number of carbonyl (C=O) groups is 1. The number of aromatic nitrogens is 1. The molecule has 5 heteroatoms. The monoisotopic (exact) mass is 278 g/mol. The molecule has 2 rings (SSSR count). The molecule has 0 radical (unpaired) electrons. The van der Waals surface area contributed by atoms with Gasteiger partial charge in [0.25, 0.3) is 0 Å². The Balaban J connectivity index is 2.24. The summed E-state index contributed by atoms with van der Waals surface area (Å²) in [6, 6.07) is 5.77. The molecule has 0 saturated heterocycles. The highest BCUT2D eigenvalue weighted by atomic mass is 32.1. The maximum Gasteiger partial charge on any atom is 0.229 e. The van der Waals surface area contributed by atoms with E-state index in [9.17, 15) is 4.79 Å². The van der Waals surface area contributed by atoms with Gasteiger partial charge in [-0.1, -0.05) is 31.3 Å². The lowest BCUT2D eigenvalue weighted by Crippen LogP contribution is -2.21. The van der Waals surface area contributed by atoms with Crippen molar-refractivity contribution in [3.05, 3.63) is 18.2 Å². The number of para-hydroxylation sites is 1. The first kappa shape index (κ1) is 13.8. The van der Waals surface area contributed by atoms with E-state index in [1.54, 1.807) is 7.11 Å². The number of rotatable bonds is 5. The lowest BCUT2D eigenvalue weighted by molar-refractivity contribution is -0.120. The van der Waals surface area contributed by atoms with Gasteiger partial charge in [-0.3, -0.25) is 4.79 Å². The topological polar surface area (TPSA) is 51.2 Å². The van der Waals surface area contributed by atoms with Crippen LogP contribution in [0.2, 0.25) is 0 Å². The van der Waals surface area contributed by atoms with E-state index in [2.05, 4.69) is 10.3 Å². The normalized spacial score (nSPS) is 10.9. The van der Waals surface area contributed by atoms with Crippen molar-refractivity contribution in [2.45, 2.75) is 26.7 Å². The molecule has 2 aromatic rings. The molecule has 0 spiro atoms. The van der Waals surface area contributed by atoms with Crippen molar-refractivity contribution in [1.29, 1.82) is 0 Å². The summed E-state index contributed by atoms with van der Waals surface area (Å²) in [6.07, 6.45) is 1.69. The number of fused-ring (bicyclic) bond motifs is 1. The van der Waals surface area contributed by atoms with Crippen LogP contribution in [0, 0.1) is 5.92 Å². The highest BCUT2D eigenvalue weighted by Crippen LogP contribution is 2.32. The van der Waals surface area contributed by atoms with Gasteiger partial charge in [0, 0.05) is 5.92 Å². The van der Waals surface area contributed by atoms with Crippen LogP contribution in [0.4, 0.5) is 5.13 Å². The molecule has 1 amide bonds. The van der Waals surface area contributed by atoms with Crippen LogP contribution in [0.3, 0.4) is 0 Å². The molecule has 0 unspecified atom stereocenters. The number of ether oxygens (including phenoxy) is 1. The Hall–Kier alpha value is -1.62. The molecule has 4 nitrogen and oxygen atoms in total. The number of nitrogens with zero attached hydrogens (tertiary/aromatic N) is 1. The van der Waals surface area contributed by atoms with E-state index in [-0.39, 0.29) is 11.8 Å². The van der Waals surface area contributed by atoms with Crippen LogP contribution >= 0.6 is 11.3 Å². The van der Waals surface area contributed by atoms with Crippen molar-refractivity contribution in [3.63, 3.8) is 0 Å². The van der Waals surface area contributed by atoms with Gasteiger partial charge in [-0.25, -0.2) is 4.98 Å². The smallest absolute Gasteiger partial charge is 0.229 e. The molecular weight excluding hydrogens is 260 g/mol. The van der Waals surface area contributed by atoms with Crippen LogP contribution in [0.15, 0.2) is 18.2 Å². The Bertz CT molecular complexity index is 576. The average molecular weight is 278 g/mol. The molecule has 1 N–H and O–H groups in total. The fourth-order valence-corrected chi connectivity index (χ4v) is 2.89. The number of methoxy groups -OCH3 is 1. The minimum atomic E-state index is 0.0445. The molecule has 102 valence electrons. The number of amides is 1. The Morgan fingerprint density at radius 2 is 2.16 bits per heavy atom. The number of benzene rings is 1. The van der Waals surface area contributed by atoms with Crippen molar-refractivity contribution in [2.75, 3.05) is 12.4 Å². The van der Waals surface area contributed by atoms with Gasteiger partial charge in [-0.15, -0.1) is 0 Å². The van der Waals surface area contributed by atoms with E-state index in [1.807, 2.05) is 32.0 Å². The van der Waals surface area contributed by atoms with Crippen LogP contribution in [0.1, 0.15) is 26.7 Å². The van der Waals surface area contributed by atoms with Gasteiger partial charge in [0.2, 0.25) is 5.91 Å². The van der Waals surface area contributed by atoms with E-state index >= 15 is 0 Å². The molecule has 0 aliphatic heterocycles. The number of carbonyl (C=O) groups excluding carboxylic acids is 1. The van der Waals surface area contributed by atoms with E-state index in [4.69, 9.17) is 4.74 Å².